The Bertz CT molecular complexity index is 1160. The number of ether oxygens (including phenoxy) is 1. The first kappa shape index (κ1) is 30.6. The van der Waals surface area contributed by atoms with E-state index in [1.165, 1.54) is 16.9 Å². The SMILES string of the molecule is COCC(=O)NC1CC(C(=O)O)N(C(=O)CC(C)(C)CC(=O)N2CC(NC(=O)c3cccn3C)CC2C(=O)O)C1. The zero-order chi connectivity index (χ0) is 29.8. The second-order valence-electron chi connectivity index (χ2n) is 11.2. The molecule has 2 saturated heterocycles. The molecule has 4 N–H and O–H groups in total. The summed E-state index contributed by atoms with van der Waals surface area (Å²) in [5.74, 6) is -4.17. The Morgan fingerprint density at radius 2 is 1.43 bits per heavy atom. The third-order valence-corrected chi connectivity index (χ3v) is 7.22. The zero-order valence-corrected chi connectivity index (χ0v) is 23.1. The lowest BCUT2D eigenvalue weighted by Crippen LogP contribution is -2.45. The molecule has 0 aromatic carbocycles. The van der Waals surface area contributed by atoms with Crippen molar-refractivity contribution >= 4 is 35.6 Å². The van der Waals surface area contributed by atoms with Crippen molar-refractivity contribution < 1.29 is 43.7 Å². The van der Waals surface area contributed by atoms with Crippen LogP contribution in [0.4, 0.5) is 0 Å². The van der Waals surface area contributed by atoms with Gasteiger partial charge in [0.1, 0.15) is 24.4 Å². The fraction of sp³-hybridized carbons (Fsp3) is 0.615. The number of aromatic nitrogens is 1. The average Bonchev–Trinajstić information content (AvgIpc) is 3.56. The fourth-order valence-electron chi connectivity index (χ4n) is 5.34. The molecular formula is C26H37N5O9. The highest BCUT2D eigenvalue weighted by Gasteiger charge is 2.44. The minimum atomic E-state index is -1.20. The van der Waals surface area contributed by atoms with Gasteiger partial charge in [0, 0.05) is 71.2 Å². The number of hydrogen-bond acceptors (Lipinski definition) is 7. The third kappa shape index (κ3) is 7.37. The van der Waals surface area contributed by atoms with E-state index in [2.05, 4.69) is 10.6 Å². The number of aliphatic carboxylic acids is 2. The van der Waals surface area contributed by atoms with Gasteiger partial charge in [-0.05, 0) is 17.5 Å². The van der Waals surface area contributed by atoms with Gasteiger partial charge in [0.05, 0.1) is 0 Å². The van der Waals surface area contributed by atoms with E-state index >= 15 is 0 Å². The summed E-state index contributed by atoms with van der Waals surface area (Å²) in [5.41, 5.74) is -0.527. The van der Waals surface area contributed by atoms with E-state index in [1.807, 2.05) is 0 Å². The normalized spacial score (nSPS) is 22.7. The van der Waals surface area contributed by atoms with Crippen LogP contribution in [0, 0.1) is 5.41 Å². The summed E-state index contributed by atoms with van der Waals surface area (Å²) < 4.78 is 6.41. The van der Waals surface area contributed by atoms with Gasteiger partial charge in [-0.3, -0.25) is 19.2 Å². The van der Waals surface area contributed by atoms with E-state index in [9.17, 15) is 39.0 Å². The Labute approximate surface area is 231 Å². The lowest BCUT2D eigenvalue weighted by molar-refractivity contribution is -0.150. The minimum Gasteiger partial charge on any atom is -0.480 e. The molecule has 4 unspecified atom stereocenters. The van der Waals surface area contributed by atoms with Crippen LogP contribution in [0.5, 0.6) is 0 Å². The average molecular weight is 564 g/mol. The van der Waals surface area contributed by atoms with Crippen molar-refractivity contribution in [1.82, 2.24) is 25.0 Å². The summed E-state index contributed by atoms with van der Waals surface area (Å²) >= 11 is 0. The molecule has 0 spiro atoms. The summed E-state index contributed by atoms with van der Waals surface area (Å²) in [5, 5.41) is 24.8. The minimum absolute atomic E-state index is 0.00498. The van der Waals surface area contributed by atoms with Gasteiger partial charge in [-0.25, -0.2) is 9.59 Å². The number of carboxylic acids is 2. The Morgan fingerprint density at radius 1 is 0.925 bits per heavy atom. The number of carbonyl (C=O) groups excluding carboxylic acids is 4. The predicted octanol–water partition coefficient (Wildman–Crippen LogP) is -0.568. The van der Waals surface area contributed by atoms with Crippen molar-refractivity contribution in [1.29, 1.82) is 0 Å². The van der Waals surface area contributed by atoms with Gasteiger partial charge in [0.2, 0.25) is 17.7 Å². The maximum absolute atomic E-state index is 13.3. The molecule has 0 radical (unpaired) electrons. The topological polar surface area (TPSA) is 188 Å². The number of methoxy groups -OCH3 is 1. The lowest BCUT2D eigenvalue weighted by atomic mass is 9.84. The number of amides is 4. The van der Waals surface area contributed by atoms with Crippen molar-refractivity contribution in [3.63, 3.8) is 0 Å². The first-order valence-electron chi connectivity index (χ1n) is 13.0. The van der Waals surface area contributed by atoms with E-state index in [-0.39, 0.29) is 51.3 Å². The number of nitrogens with one attached hydrogen (secondary N) is 2. The monoisotopic (exact) mass is 563 g/mol. The van der Waals surface area contributed by atoms with Gasteiger partial charge in [-0.1, -0.05) is 13.8 Å². The fourth-order valence-corrected chi connectivity index (χ4v) is 5.34. The largest absolute Gasteiger partial charge is 0.480 e. The summed E-state index contributed by atoms with van der Waals surface area (Å²) in [4.78, 5) is 77.1. The number of carbonyl (C=O) groups is 6. The van der Waals surface area contributed by atoms with Crippen LogP contribution in [0.2, 0.25) is 0 Å². The lowest BCUT2D eigenvalue weighted by Gasteiger charge is -2.31. The zero-order valence-electron chi connectivity index (χ0n) is 23.1. The maximum Gasteiger partial charge on any atom is 0.326 e. The predicted molar refractivity (Wildman–Crippen MR) is 139 cm³/mol. The molecule has 3 heterocycles. The Balaban J connectivity index is 1.62. The van der Waals surface area contributed by atoms with Gasteiger partial charge < -0.3 is 40.0 Å². The van der Waals surface area contributed by atoms with Crippen LogP contribution in [-0.4, -0.2) is 111 Å². The molecule has 1 aromatic rings. The van der Waals surface area contributed by atoms with Gasteiger partial charge in [0.25, 0.3) is 5.91 Å². The number of likely N-dealkylation sites (tertiary alicyclic amines) is 2. The molecule has 14 nitrogen and oxygen atoms in total. The molecule has 0 saturated carbocycles. The molecule has 14 heteroatoms. The Hall–Kier alpha value is -3.94. The van der Waals surface area contributed by atoms with Crippen molar-refractivity contribution in [3.8, 4) is 0 Å². The second kappa shape index (κ2) is 12.5. The molecule has 4 atom stereocenters. The molecule has 2 fully saturated rings. The van der Waals surface area contributed by atoms with Gasteiger partial charge >= 0.3 is 11.9 Å². The van der Waals surface area contributed by atoms with E-state index in [1.54, 1.807) is 43.8 Å². The van der Waals surface area contributed by atoms with Crippen LogP contribution in [0.1, 0.15) is 50.0 Å². The summed E-state index contributed by atoms with van der Waals surface area (Å²) in [6.07, 6.45) is 1.46. The van der Waals surface area contributed by atoms with Crippen LogP contribution in [0.25, 0.3) is 0 Å². The number of rotatable bonds is 11. The van der Waals surface area contributed by atoms with Crippen molar-refractivity contribution in [2.75, 3.05) is 26.8 Å². The molecule has 1 aromatic heterocycles. The molecule has 4 amide bonds. The summed E-state index contributed by atoms with van der Waals surface area (Å²) in [7, 11) is 3.07. The van der Waals surface area contributed by atoms with Crippen LogP contribution >= 0.6 is 0 Å². The highest BCUT2D eigenvalue weighted by atomic mass is 16.5. The number of nitrogens with zero attached hydrogens (tertiary/aromatic N) is 3. The quantitative estimate of drug-likeness (QED) is 0.273. The van der Waals surface area contributed by atoms with Gasteiger partial charge in [-0.15, -0.1) is 0 Å². The first-order chi connectivity index (χ1) is 18.7. The van der Waals surface area contributed by atoms with Crippen molar-refractivity contribution in [2.45, 2.75) is 63.7 Å². The van der Waals surface area contributed by atoms with E-state index in [0.717, 1.165) is 0 Å². The molecule has 40 heavy (non-hydrogen) atoms. The third-order valence-electron chi connectivity index (χ3n) is 7.22. The second-order valence-corrected chi connectivity index (χ2v) is 11.2. The summed E-state index contributed by atoms with van der Waals surface area (Å²) in [6.45, 7) is 3.17. The van der Waals surface area contributed by atoms with Crippen LogP contribution in [0.3, 0.4) is 0 Å². The molecule has 220 valence electrons. The number of aryl methyl sites for hydroxylation is 1. The van der Waals surface area contributed by atoms with E-state index in [4.69, 9.17) is 4.74 Å². The molecule has 2 aliphatic rings. The van der Waals surface area contributed by atoms with E-state index < -0.39 is 59.2 Å². The molecule has 2 aliphatic heterocycles. The maximum atomic E-state index is 13.3. The van der Waals surface area contributed by atoms with Crippen molar-refractivity contribution in [3.05, 3.63) is 24.0 Å². The van der Waals surface area contributed by atoms with Crippen molar-refractivity contribution in [2.24, 2.45) is 12.5 Å². The summed E-state index contributed by atoms with van der Waals surface area (Å²) in [6, 6.07) is -0.0442. The van der Waals surface area contributed by atoms with Gasteiger partial charge in [0.15, 0.2) is 0 Å². The smallest absolute Gasteiger partial charge is 0.326 e. The van der Waals surface area contributed by atoms with Crippen LogP contribution in [-0.2, 0) is 35.8 Å². The molecule has 3 rings (SSSR count). The molecule has 0 aliphatic carbocycles. The highest BCUT2D eigenvalue weighted by molar-refractivity contribution is 5.93. The Morgan fingerprint density at radius 3 is 1.85 bits per heavy atom. The van der Waals surface area contributed by atoms with Crippen LogP contribution < -0.4 is 10.6 Å². The Kier molecular flexibility index (Phi) is 9.56. The molecular weight excluding hydrogens is 526 g/mol. The standard InChI is InChI=1S/C26H37N5O9/c1-26(2,10-21(33)30-12-15(8-18(30)24(36)37)27-20(32)14-40-4)11-22(34)31-13-16(9-19(31)25(38)39)28-23(35)17-6-5-7-29(17)3/h5-7,15-16,18-19H,8-14H2,1-4H3,(H,27,32)(H,28,35)(H,36,37)(H,38,39). The highest BCUT2D eigenvalue weighted by Crippen LogP contribution is 2.31. The first-order valence-corrected chi connectivity index (χ1v) is 13.0. The van der Waals surface area contributed by atoms with Gasteiger partial charge in [-0.2, -0.15) is 0 Å². The molecule has 0 bridgehead atoms. The van der Waals surface area contributed by atoms with E-state index in [0.29, 0.717) is 5.69 Å². The number of hydrogen-bond donors (Lipinski definition) is 4. The number of carboxylic acid groups (broad SMARTS) is 2. The van der Waals surface area contributed by atoms with Crippen LogP contribution in [0.15, 0.2) is 18.3 Å².